The van der Waals surface area contributed by atoms with Crippen LogP contribution in [0.2, 0.25) is 0 Å². The molecule has 0 spiro atoms. The lowest BCUT2D eigenvalue weighted by Gasteiger charge is -2.12. The Morgan fingerprint density at radius 2 is 1.85 bits per heavy atom. The molecule has 0 aliphatic carbocycles. The highest BCUT2D eigenvalue weighted by atomic mass is 127. The van der Waals surface area contributed by atoms with Crippen molar-refractivity contribution < 1.29 is 22.3 Å². The molecule has 1 heterocycles. The maximum Gasteiger partial charge on any atom is 0.315 e. The maximum absolute atomic E-state index is 14.6. The second-order valence-electron chi connectivity index (χ2n) is 6.97. The Morgan fingerprint density at radius 3 is 2.64 bits per heavy atom. The van der Waals surface area contributed by atoms with Crippen molar-refractivity contribution in [3.8, 4) is 17.2 Å². The normalized spacial score (nSPS) is 10.8. The average Bonchev–Trinajstić information content (AvgIpc) is 3.27. The number of hydrogen-bond acceptors (Lipinski definition) is 6. The summed E-state index contributed by atoms with van der Waals surface area (Å²) in [7, 11) is 1.60. The fourth-order valence-corrected chi connectivity index (χ4v) is 3.58. The summed E-state index contributed by atoms with van der Waals surface area (Å²) in [5, 5.41) is 13.4. The van der Waals surface area contributed by atoms with E-state index in [9.17, 15) is 13.2 Å². The Balaban J connectivity index is 1.53. The van der Waals surface area contributed by atoms with Crippen LogP contribution in [-0.4, -0.2) is 23.9 Å². The molecule has 0 unspecified atom stereocenters. The van der Waals surface area contributed by atoms with Gasteiger partial charge in [0.15, 0.2) is 11.6 Å². The SMILES string of the molecule is COc1cccc(CCNc2nnc(-c3ccc(F)c(F)c3Nc3ccc(I)cc3F)o2)c1. The van der Waals surface area contributed by atoms with E-state index in [4.69, 9.17) is 9.15 Å². The van der Waals surface area contributed by atoms with E-state index in [1.165, 1.54) is 18.2 Å². The summed E-state index contributed by atoms with van der Waals surface area (Å²) in [6, 6.07) is 14.3. The molecule has 0 amide bonds. The molecule has 170 valence electrons. The zero-order chi connectivity index (χ0) is 23.4. The highest BCUT2D eigenvalue weighted by Gasteiger charge is 2.20. The minimum absolute atomic E-state index is 0.0164. The number of hydrogen-bond donors (Lipinski definition) is 2. The highest BCUT2D eigenvalue weighted by Crippen LogP contribution is 2.34. The molecule has 0 aliphatic heterocycles. The van der Waals surface area contributed by atoms with Crippen LogP contribution in [0, 0.1) is 21.0 Å². The molecule has 0 atom stereocenters. The van der Waals surface area contributed by atoms with Crippen LogP contribution < -0.4 is 15.4 Å². The molecule has 3 aromatic carbocycles. The Hall–Kier alpha value is -3.28. The Kier molecular flexibility index (Phi) is 7.02. The van der Waals surface area contributed by atoms with Gasteiger partial charge in [0.2, 0.25) is 0 Å². The van der Waals surface area contributed by atoms with E-state index in [1.807, 2.05) is 46.9 Å². The van der Waals surface area contributed by atoms with Gasteiger partial charge in [0, 0.05) is 10.1 Å². The van der Waals surface area contributed by atoms with E-state index < -0.39 is 17.5 Å². The quantitative estimate of drug-likeness (QED) is 0.249. The number of rotatable bonds is 8. The van der Waals surface area contributed by atoms with Gasteiger partial charge in [0.05, 0.1) is 24.0 Å². The summed E-state index contributed by atoms with van der Waals surface area (Å²) in [5.74, 6) is -2.18. The van der Waals surface area contributed by atoms with Crippen LogP contribution in [0.4, 0.5) is 30.6 Å². The Labute approximate surface area is 201 Å². The van der Waals surface area contributed by atoms with Gasteiger partial charge in [0.25, 0.3) is 5.89 Å². The third-order valence-corrected chi connectivity index (χ3v) is 5.44. The zero-order valence-corrected chi connectivity index (χ0v) is 19.5. The molecule has 2 N–H and O–H groups in total. The van der Waals surface area contributed by atoms with Gasteiger partial charge in [-0.3, -0.25) is 0 Å². The molecule has 0 fully saturated rings. The van der Waals surface area contributed by atoms with E-state index in [-0.39, 0.29) is 28.8 Å². The van der Waals surface area contributed by atoms with Crippen LogP contribution in [0.5, 0.6) is 5.75 Å². The standard InChI is InChI=1S/C23H18F3IN4O2/c1-32-15-4-2-3-13(11-15)9-10-28-23-31-30-22(33-23)16-6-7-17(24)20(26)21(16)29-19-8-5-14(27)12-18(19)25/h2-8,11-12,29H,9-10H2,1H3,(H,28,31). The topological polar surface area (TPSA) is 72.2 Å². The minimum atomic E-state index is -1.18. The molecule has 0 saturated carbocycles. The smallest absolute Gasteiger partial charge is 0.315 e. The summed E-state index contributed by atoms with van der Waals surface area (Å²) >= 11 is 1.95. The van der Waals surface area contributed by atoms with Crippen LogP contribution in [-0.2, 0) is 6.42 Å². The number of halogens is 4. The molecule has 0 aliphatic rings. The fourth-order valence-electron chi connectivity index (χ4n) is 3.12. The molecule has 33 heavy (non-hydrogen) atoms. The van der Waals surface area contributed by atoms with Crippen LogP contribution in [0.25, 0.3) is 11.5 Å². The van der Waals surface area contributed by atoms with Crippen molar-refractivity contribution in [1.29, 1.82) is 0 Å². The summed E-state index contributed by atoms with van der Waals surface area (Å²) in [6.45, 7) is 0.492. The third kappa shape index (κ3) is 5.38. The molecule has 6 nitrogen and oxygen atoms in total. The number of methoxy groups -OCH3 is 1. The summed E-state index contributed by atoms with van der Waals surface area (Å²) in [6.07, 6.45) is 0.666. The summed E-state index contributed by atoms with van der Waals surface area (Å²) < 4.78 is 54.3. The summed E-state index contributed by atoms with van der Waals surface area (Å²) in [4.78, 5) is 0. The van der Waals surface area contributed by atoms with Crippen molar-refractivity contribution in [3.05, 3.63) is 81.2 Å². The first-order chi connectivity index (χ1) is 15.9. The van der Waals surface area contributed by atoms with Gasteiger partial charge < -0.3 is 19.8 Å². The van der Waals surface area contributed by atoms with Crippen LogP contribution in [0.15, 0.2) is 59.0 Å². The molecule has 4 rings (SSSR count). The van der Waals surface area contributed by atoms with Gasteiger partial charge >= 0.3 is 6.01 Å². The van der Waals surface area contributed by atoms with E-state index in [0.717, 1.165) is 17.4 Å². The van der Waals surface area contributed by atoms with E-state index in [2.05, 4.69) is 20.8 Å². The lowest BCUT2D eigenvalue weighted by atomic mass is 10.1. The zero-order valence-electron chi connectivity index (χ0n) is 17.3. The molecule has 0 radical (unpaired) electrons. The molecule has 10 heteroatoms. The Morgan fingerprint density at radius 1 is 1.00 bits per heavy atom. The van der Waals surface area contributed by atoms with Crippen molar-refractivity contribution >= 4 is 40.0 Å². The van der Waals surface area contributed by atoms with Crippen molar-refractivity contribution in [2.75, 3.05) is 24.3 Å². The van der Waals surface area contributed by atoms with Gasteiger partial charge in [-0.1, -0.05) is 17.2 Å². The van der Waals surface area contributed by atoms with Crippen molar-refractivity contribution in [3.63, 3.8) is 0 Å². The fraction of sp³-hybridized carbons (Fsp3) is 0.130. The number of benzene rings is 3. The second kappa shape index (κ2) is 10.1. The van der Waals surface area contributed by atoms with E-state index in [1.54, 1.807) is 13.2 Å². The van der Waals surface area contributed by atoms with Gasteiger partial charge in [-0.2, -0.15) is 0 Å². The number of anilines is 3. The number of nitrogens with one attached hydrogen (secondary N) is 2. The van der Waals surface area contributed by atoms with Gasteiger partial charge in [0.1, 0.15) is 11.6 Å². The molecular formula is C23H18F3IN4O2. The molecular weight excluding hydrogens is 548 g/mol. The molecule has 4 aromatic rings. The van der Waals surface area contributed by atoms with Crippen LogP contribution >= 0.6 is 22.6 Å². The average molecular weight is 566 g/mol. The van der Waals surface area contributed by atoms with Crippen LogP contribution in [0.3, 0.4) is 0 Å². The monoisotopic (exact) mass is 566 g/mol. The van der Waals surface area contributed by atoms with Crippen molar-refractivity contribution in [2.24, 2.45) is 0 Å². The lowest BCUT2D eigenvalue weighted by molar-refractivity contribution is 0.414. The third-order valence-electron chi connectivity index (χ3n) is 4.77. The summed E-state index contributed by atoms with van der Waals surface area (Å²) in [5.41, 5.74) is 0.826. The minimum Gasteiger partial charge on any atom is -0.497 e. The lowest BCUT2D eigenvalue weighted by Crippen LogP contribution is -2.05. The number of aromatic nitrogens is 2. The van der Waals surface area contributed by atoms with Gasteiger partial charge in [-0.25, -0.2) is 13.2 Å². The van der Waals surface area contributed by atoms with Crippen LogP contribution in [0.1, 0.15) is 5.56 Å². The first kappa shape index (κ1) is 22.9. The molecule has 0 bridgehead atoms. The van der Waals surface area contributed by atoms with Crippen molar-refractivity contribution in [2.45, 2.75) is 6.42 Å². The molecule has 1 aromatic heterocycles. The van der Waals surface area contributed by atoms with Crippen molar-refractivity contribution in [1.82, 2.24) is 10.2 Å². The van der Waals surface area contributed by atoms with E-state index >= 15 is 0 Å². The number of nitrogens with zero attached hydrogens (tertiary/aromatic N) is 2. The first-order valence-corrected chi connectivity index (χ1v) is 10.9. The van der Waals surface area contributed by atoms with E-state index in [0.29, 0.717) is 16.5 Å². The number of ether oxygens (including phenoxy) is 1. The maximum atomic E-state index is 14.6. The van der Waals surface area contributed by atoms with Gasteiger partial charge in [-0.05, 0) is 77.0 Å². The Bertz CT molecular complexity index is 1280. The predicted octanol–water partition coefficient (Wildman–Crippen LogP) is 6.17. The van der Waals surface area contributed by atoms with Gasteiger partial charge in [-0.15, -0.1) is 5.10 Å². The largest absolute Gasteiger partial charge is 0.497 e. The second-order valence-corrected chi connectivity index (χ2v) is 8.22. The highest BCUT2D eigenvalue weighted by molar-refractivity contribution is 14.1. The predicted molar refractivity (Wildman–Crippen MR) is 127 cm³/mol. The molecule has 0 saturated heterocycles. The first-order valence-electron chi connectivity index (χ1n) is 9.85.